The Bertz CT molecular complexity index is 1200. The Morgan fingerprint density at radius 2 is 1.89 bits per heavy atom. The molecule has 0 spiro atoms. The molecule has 142 valence electrons. The van der Waals surface area contributed by atoms with Gasteiger partial charge in [0, 0.05) is 17.1 Å². The first kappa shape index (κ1) is 18.4. The van der Waals surface area contributed by atoms with Gasteiger partial charge in [0.05, 0.1) is 17.5 Å². The quantitative estimate of drug-likeness (QED) is 0.501. The molecule has 0 aliphatic heterocycles. The molecule has 0 bridgehead atoms. The van der Waals surface area contributed by atoms with Crippen LogP contribution in [0.2, 0.25) is 5.02 Å². The molecule has 2 aromatic carbocycles. The molecule has 7 heteroatoms. The highest BCUT2D eigenvalue weighted by molar-refractivity contribution is 6.30. The summed E-state index contributed by atoms with van der Waals surface area (Å²) in [7, 11) is 0. The first-order valence-electron chi connectivity index (χ1n) is 9.13. The molecule has 0 saturated carbocycles. The topological polar surface area (TPSA) is 73.8 Å². The van der Waals surface area contributed by atoms with E-state index in [4.69, 9.17) is 16.1 Å². The number of aryl methyl sites for hydroxylation is 2. The maximum absolute atomic E-state index is 12.4. The van der Waals surface area contributed by atoms with Crippen molar-refractivity contribution in [1.29, 1.82) is 0 Å². The second-order valence-electron chi connectivity index (χ2n) is 6.67. The van der Waals surface area contributed by atoms with Crippen LogP contribution >= 0.6 is 11.6 Å². The molecular formula is C21H19ClN4O2. The van der Waals surface area contributed by atoms with Gasteiger partial charge in [-0.25, -0.2) is 4.98 Å². The molecule has 0 radical (unpaired) electrons. The fraction of sp³-hybridized carbons (Fsp3) is 0.238. The van der Waals surface area contributed by atoms with Gasteiger partial charge in [-0.05, 0) is 49.2 Å². The lowest BCUT2D eigenvalue weighted by Gasteiger charge is -2.10. The number of fused-ring (bicyclic) bond motifs is 1. The van der Waals surface area contributed by atoms with Crippen molar-refractivity contribution in [1.82, 2.24) is 19.7 Å². The Kier molecular flexibility index (Phi) is 4.96. The minimum Gasteiger partial charge on any atom is -0.339 e. The van der Waals surface area contributed by atoms with E-state index in [0.29, 0.717) is 35.4 Å². The highest BCUT2D eigenvalue weighted by atomic mass is 35.5. The smallest absolute Gasteiger partial charge is 0.272 e. The van der Waals surface area contributed by atoms with Gasteiger partial charge in [-0.2, -0.15) is 4.98 Å². The fourth-order valence-corrected chi connectivity index (χ4v) is 3.31. The largest absolute Gasteiger partial charge is 0.339 e. The average Bonchev–Trinajstić information content (AvgIpc) is 3.15. The number of halogens is 1. The number of benzene rings is 2. The number of nitrogens with zero attached hydrogens (tertiary/aromatic N) is 4. The molecule has 0 saturated heterocycles. The first-order chi connectivity index (χ1) is 13.5. The molecular weight excluding hydrogens is 376 g/mol. The van der Waals surface area contributed by atoms with Crippen LogP contribution in [0.3, 0.4) is 0 Å². The van der Waals surface area contributed by atoms with Crippen molar-refractivity contribution in [3.8, 4) is 11.4 Å². The molecule has 6 nitrogen and oxygen atoms in total. The average molecular weight is 395 g/mol. The zero-order valence-electron chi connectivity index (χ0n) is 15.6. The van der Waals surface area contributed by atoms with Crippen molar-refractivity contribution in [2.45, 2.75) is 33.2 Å². The van der Waals surface area contributed by atoms with Gasteiger partial charge in [0.25, 0.3) is 5.56 Å². The predicted molar refractivity (Wildman–Crippen MR) is 109 cm³/mol. The highest BCUT2D eigenvalue weighted by Crippen LogP contribution is 2.22. The van der Waals surface area contributed by atoms with Gasteiger partial charge in [-0.15, -0.1) is 0 Å². The van der Waals surface area contributed by atoms with E-state index in [1.807, 2.05) is 49.4 Å². The van der Waals surface area contributed by atoms with Crippen LogP contribution in [0.1, 0.15) is 30.5 Å². The second kappa shape index (κ2) is 7.56. The summed E-state index contributed by atoms with van der Waals surface area (Å²) >= 11 is 5.92. The summed E-state index contributed by atoms with van der Waals surface area (Å²) in [6.07, 6.45) is 1.41. The van der Waals surface area contributed by atoms with E-state index in [0.717, 1.165) is 28.6 Å². The van der Waals surface area contributed by atoms with Crippen LogP contribution in [0.4, 0.5) is 0 Å². The number of rotatable bonds is 5. The van der Waals surface area contributed by atoms with Gasteiger partial charge in [0.1, 0.15) is 5.69 Å². The maximum atomic E-state index is 12.4. The van der Waals surface area contributed by atoms with Crippen LogP contribution in [0, 0.1) is 6.92 Å². The third kappa shape index (κ3) is 3.55. The fourth-order valence-electron chi connectivity index (χ4n) is 3.18. The Morgan fingerprint density at radius 1 is 1.11 bits per heavy atom. The maximum Gasteiger partial charge on any atom is 0.272 e. The third-order valence-electron chi connectivity index (χ3n) is 4.55. The molecule has 4 aromatic rings. The number of aromatic nitrogens is 4. The molecule has 0 atom stereocenters. The van der Waals surface area contributed by atoms with E-state index < -0.39 is 0 Å². The van der Waals surface area contributed by atoms with Gasteiger partial charge < -0.3 is 9.09 Å². The zero-order valence-corrected chi connectivity index (χ0v) is 16.4. The Morgan fingerprint density at radius 3 is 2.64 bits per heavy atom. The van der Waals surface area contributed by atoms with Crippen LogP contribution in [-0.4, -0.2) is 19.7 Å². The van der Waals surface area contributed by atoms with Crippen LogP contribution in [0.25, 0.3) is 22.4 Å². The minimum absolute atomic E-state index is 0.0492. The van der Waals surface area contributed by atoms with E-state index in [2.05, 4.69) is 15.1 Å². The van der Waals surface area contributed by atoms with E-state index in [-0.39, 0.29) is 5.56 Å². The zero-order chi connectivity index (χ0) is 19.7. The van der Waals surface area contributed by atoms with Crippen molar-refractivity contribution in [2.75, 3.05) is 0 Å². The summed E-state index contributed by atoms with van der Waals surface area (Å²) in [5.74, 6) is 1.02. The van der Waals surface area contributed by atoms with Crippen molar-refractivity contribution in [3.05, 3.63) is 75.0 Å². The summed E-state index contributed by atoms with van der Waals surface area (Å²) in [5, 5.41) is 4.79. The first-order valence-corrected chi connectivity index (χ1v) is 9.51. The predicted octanol–water partition coefficient (Wildman–Crippen LogP) is 4.41. The van der Waals surface area contributed by atoms with Crippen molar-refractivity contribution >= 4 is 22.6 Å². The molecule has 28 heavy (non-hydrogen) atoms. The van der Waals surface area contributed by atoms with Crippen LogP contribution in [0.5, 0.6) is 0 Å². The molecule has 0 unspecified atom stereocenters. The monoisotopic (exact) mass is 394 g/mol. The van der Waals surface area contributed by atoms with Crippen molar-refractivity contribution in [2.24, 2.45) is 0 Å². The molecule has 2 aromatic heterocycles. The van der Waals surface area contributed by atoms with Crippen LogP contribution < -0.4 is 5.56 Å². The molecule has 0 aliphatic rings. The summed E-state index contributed by atoms with van der Waals surface area (Å²) in [5.41, 5.74) is 3.82. The molecule has 0 aliphatic carbocycles. The highest BCUT2D eigenvalue weighted by Gasteiger charge is 2.13. The molecule has 0 fully saturated rings. The lowest BCUT2D eigenvalue weighted by Crippen LogP contribution is -2.24. The Labute approximate surface area is 166 Å². The van der Waals surface area contributed by atoms with Gasteiger partial charge in [0.2, 0.25) is 11.7 Å². The second-order valence-corrected chi connectivity index (χ2v) is 7.11. The van der Waals surface area contributed by atoms with E-state index >= 15 is 0 Å². The molecule has 2 heterocycles. The SMILES string of the molecule is CCCn1c(=O)c(C)nc2cc(-c3noc(Cc4ccc(Cl)cc4)n3)ccc21. The number of hydrogen-bond acceptors (Lipinski definition) is 5. The summed E-state index contributed by atoms with van der Waals surface area (Å²) in [4.78, 5) is 21.3. The molecule has 4 rings (SSSR count). The van der Waals surface area contributed by atoms with Gasteiger partial charge in [-0.1, -0.05) is 35.8 Å². The van der Waals surface area contributed by atoms with E-state index in [9.17, 15) is 4.79 Å². The standard InChI is InChI=1S/C21H19ClN4O2/c1-3-10-26-18-9-6-15(12-17(18)23-13(2)21(26)27)20-24-19(28-25-20)11-14-4-7-16(22)8-5-14/h4-9,12H,3,10-11H2,1-2H3. The van der Waals surface area contributed by atoms with Crippen LogP contribution in [-0.2, 0) is 13.0 Å². The van der Waals surface area contributed by atoms with Gasteiger partial charge in [0.15, 0.2) is 0 Å². The van der Waals surface area contributed by atoms with Crippen molar-refractivity contribution in [3.63, 3.8) is 0 Å². The minimum atomic E-state index is -0.0492. The van der Waals surface area contributed by atoms with Gasteiger partial charge in [-0.3, -0.25) is 4.79 Å². The lowest BCUT2D eigenvalue weighted by atomic mass is 10.1. The third-order valence-corrected chi connectivity index (χ3v) is 4.80. The molecule has 0 amide bonds. The summed E-state index contributed by atoms with van der Waals surface area (Å²) in [6.45, 7) is 4.44. The molecule has 0 N–H and O–H groups in total. The van der Waals surface area contributed by atoms with E-state index in [1.165, 1.54) is 0 Å². The van der Waals surface area contributed by atoms with Gasteiger partial charge >= 0.3 is 0 Å². The normalized spacial score (nSPS) is 11.2. The Hall–Kier alpha value is -2.99. The lowest BCUT2D eigenvalue weighted by molar-refractivity contribution is 0.385. The number of hydrogen-bond donors (Lipinski definition) is 0. The summed E-state index contributed by atoms with van der Waals surface area (Å²) in [6, 6.07) is 13.2. The van der Waals surface area contributed by atoms with Crippen LogP contribution in [0.15, 0.2) is 51.8 Å². The van der Waals surface area contributed by atoms with E-state index in [1.54, 1.807) is 11.5 Å². The Balaban J connectivity index is 1.68. The van der Waals surface area contributed by atoms with Crippen molar-refractivity contribution < 1.29 is 4.52 Å². The summed E-state index contributed by atoms with van der Waals surface area (Å²) < 4.78 is 7.17.